The van der Waals surface area contributed by atoms with Crippen LogP contribution in [0.1, 0.15) is 18.1 Å². The maximum absolute atomic E-state index is 9.93. The number of thioether (sulfide) groups is 1. The number of hydrogen-bond donors (Lipinski definition) is 2. The molecule has 1 aliphatic rings. The molecule has 0 amide bonds. The molecule has 16 heavy (non-hydrogen) atoms. The highest BCUT2D eigenvalue weighted by Crippen LogP contribution is 2.22. The van der Waals surface area contributed by atoms with E-state index in [2.05, 4.69) is 5.32 Å². The van der Waals surface area contributed by atoms with Crippen LogP contribution < -0.4 is 5.32 Å². The van der Waals surface area contributed by atoms with Gasteiger partial charge in [0.1, 0.15) is 0 Å². The summed E-state index contributed by atoms with van der Waals surface area (Å²) in [5.41, 5.74) is 0.996. The third kappa shape index (κ3) is 3.51. The van der Waals surface area contributed by atoms with Crippen LogP contribution in [0.15, 0.2) is 30.3 Å². The van der Waals surface area contributed by atoms with Gasteiger partial charge in [0.15, 0.2) is 0 Å². The molecular formula is C13H19NOS. The molecule has 1 aromatic rings. The Morgan fingerprint density at radius 2 is 2.19 bits per heavy atom. The number of rotatable bonds is 5. The molecule has 1 aliphatic heterocycles. The van der Waals surface area contributed by atoms with Gasteiger partial charge in [-0.1, -0.05) is 30.3 Å². The summed E-state index contributed by atoms with van der Waals surface area (Å²) in [6.45, 7) is 1.70. The summed E-state index contributed by atoms with van der Waals surface area (Å²) in [6.07, 6.45) is 0.939. The molecule has 0 bridgehead atoms. The van der Waals surface area contributed by atoms with E-state index < -0.39 is 0 Å². The first-order chi connectivity index (χ1) is 7.86. The van der Waals surface area contributed by atoms with Crippen molar-refractivity contribution in [1.29, 1.82) is 0 Å². The molecule has 2 unspecified atom stereocenters. The van der Waals surface area contributed by atoms with Crippen LogP contribution in [0.25, 0.3) is 0 Å². The summed E-state index contributed by atoms with van der Waals surface area (Å²) >= 11 is 2.03. The Labute approximate surface area is 101 Å². The van der Waals surface area contributed by atoms with Gasteiger partial charge in [0.25, 0.3) is 0 Å². The van der Waals surface area contributed by atoms with Crippen LogP contribution in [0.4, 0.5) is 0 Å². The molecule has 0 spiro atoms. The van der Waals surface area contributed by atoms with E-state index in [0.29, 0.717) is 6.54 Å². The lowest BCUT2D eigenvalue weighted by Gasteiger charge is -2.14. The Morgan fingerprint density at radius 1 is 1.38 bits per heavy atom. The summed E-state index contributed by atoms with van der Waals surface area (Å²) in [7, 11) is 0. The van der Waals surface area contributed by atoms with Crippen molar-refractivity contribution in [1.82, 2.24) is 5.32 Å². The standard InChI is InChI=1S/C13H19NOS/c15-13(12-4-2-1-3-5-12)9-14-8-11-6-7-16-10-11/h1-5,11,13-15H,6-10H2. The molecule has 0 aromatic heterocycles. The number of aliphatic hydroxyl groups is 1. The average molecular weight is 237 g/mol. The van der Waals surface area contributed by atoms with E-state index in [-0.39, 0.29) is 6.10 Å². The highest BCUT2D eigenvalue weighted by atomic mass is 32.2. The zero-order valence-electron chi connectivity index (χ0n) is 9.43. The first kappa shape index (κ1) is 12.0. The lowest BCUT2D eigenvalue weighted by molar-refractivity contribution is 0.173. The molecule has 2 rings (SSSR count). The molecule has 1 fully saturated rings. The van der Waals surface area contributed by atoms with Gasteiger partial charge in [-0.05, 0) is 36.0 Å². The van der Waals surface area contributed by atoms with E-state index in [9.17, 15) is 5.11 Å². The second kappa shape index (κ2) is 6.28. The molecule has 0 radical (unpaired) electrons. The Kier molecular flexibility index (Phi) is 4.69. The summed E-state index contributed by atoms with van der Waals surface area (Å²) in [5, 5.41) is 13.3. The van der Waals surface area contributed by atoms with Gasteiger partial charge in [0, 0.05) is 6.54 Å². The molecule has 0 aliphatic carbocycles. The normalized spacial score (nSPS) is 22.2. The summed E-state index contributed by atoms with van der Waals surface area (Å²) in [5.74, 6) is 3.37. The lowest BCUT2D eigenvalue weighted by Crippen LogP contribution is -2.27. The van der Waals surface area contributed by atoms with Crippen molar-refractivity contribution in [3.63, 3.8) is 0 Å². The topological polar surface area (TPSA) is 32.3 Å². The van der Waals surface area contributed by atoms with Crippen molar-refractivity contribution in [2.45, 2.75) is 12.5 Å². The molecular weight excluding hydrogens is 218 g/mol. The summed E-state index contributed by atoms with van der Waals surface area (Å²) < 4.78 is 0. The van der Waals surface area contributed by atoms with Crippen molar-refractivity contribution >= 4 is 11.8 Å². The van der Waals surface area contributed by atoms with E-state index >= 15 is 0 Å². The molecule has 3 heteroatoms. The zero-order chi connectivity index (χ0) is 11.2. The van der Waals surface area contributed by atoms with Crippen LogP contribution >= 0.6 is 11.8 Å². The fourth-order valence-corrected chi connectivity index (χ4v) is 3.25. The van der Waals surface area contributed by atoms with Gasteiger partial charge in [-0.25, -0.2) is 0 Å². The number of hydrogen-bond acceptors (Lipinski definition) is 3. The SMILES string of the molecule is OC(CNCC1CCSC1)c1ccccc1. The Bertz CT molecular complexity index is 298. The van der Waals surface area contributed by atoms with Gasteiger partial charge in [-0.3, -0.25) is 0 Å². The van der Waals surface area contributed by atoms with Gasteiger partial charge >= 0.3 is 0 Å². The Morgan fingerprint density at radius 3 is 2.88 bits per heavy atom. The first-order valence-corrected chi connectivity index (χ1v) is 7.03. The van der Waals surface area contributed by atoms with Gasteiger partial charge in [0.2, 0.25) is 0 Å². The van der Waals surface area contributed by atoms with Crippen molar-refractivity contribution in [2.24, 2.45) is 5.92 Å². The van der Waals surface area contributed by atoms with Crippen molar-refractivity contribution in [2.75, 3.05) is 24.6 Å². The number of benzene rings is 1. The van der Waals surface area contributed by atoms with Gasteiger partial charge in [-0.2, -0.15) is 11.8 Å². The predicted molar refractivity (Wildman–Crippen MR) is 69.7 cm³/mol. The van der Waals surface area contributed by atoms with Crippen LogP contribution in [0.3, 0.4) is 0 Å². The minimum atomic E-state index is -0.379. The van der Waals surface area contributed by atoms with Gasteiger partial charge in [0.05, 0.1) is 6.10 Å². The van der Waals surface area contributed by atoms with Crippen LogP contribution in [-0.2, 0) is 0 Å². The quantitative estimate of drug-likeness (QED) is 0.822. The van der Waals surface area contributed by atoms with E-state index in [0.717, 1.165) is 18.0 Å². The lowest BCUT2D eigenvalue weighted by atomic mass is 10.1. The second-order valence-electron chi connectivity index (χ2n) is 4.31. The monoisotopic (exact) mass is 237 g/mol. The molecule has 2 N–H and O–H groups in total. The van der Waals surface area contributed by atoms with E-state index in [1.165, 1.54) is 17.9 Å². The molecule has 0 saturated carbocycles. The fraction of sp³-hybridized carbons (Fsp3) is 0.538. The van der Waals surface area contributed by atoms with Gasteiger partial charge < -0.3 is 10.4 Å². The third-order valence-electron chi connectivity index (χ3n) is 2.98. The van der Waals surface area contributed by atoms with Crippen molar-refractivity contribution < 1.29 is 5.11 Å². The highest BCUT2D eigenvalue weighted by Gasteiger charge is 2.15. The van der Waals surface area contributed by atoms with Crippen LogP contribution in [0.2, 0.25) is 0 Å². The van der Waals surface area contributed by atoms with E-state index in [4.69, 9.17) is 0 Å². The highest BCUT2D eigenvalue weighted by molar-refractivity contribution is 7.99. The first-order valence-electron chi connectivity index (χ1n) is 5.88. The molecule has 2 atom stereocenters. The minimum Gasteiger partial charge on any atom is -0.387 e. The van der Waals surface area contributed by atoms with Crippen LogP contribution in [0, 0.1) is 5.92 Å². The maximum atomic E-state index is 9.93. The summed E-state index contributed by atoms with van der Waals surface area (Å²) in [4.78, 5) is 0. The Balaban J connectivity index is 1.69. The van der Waals surface area contributed by atoms with E-state index in [1.54, 1.807) is 0 Å². The van der Waals surface area contributed by atoms with Crippen molar-refractivity contribution in [3.05, 3.63) is 35.9 Å². The maximum Gasteiger partial charge on any atom is 0.0914 e. The van der Waals surface area contributed by atoms with E-state index in [1.807, 2.05) is 42.1 Å². The van der Waals surface area contributed by atoms with Crippen LogP contribution in [-0.4, -0.2) is 29.7 Å². The Hall–Kier alpha value is -0.510. The summed E-state index contributed by atoms with van der Waals surface area (Å²) in [6, 6.07) is 9.84. The predicted octanol–water partition coefficient (Wildman–Crippen LogP) is 2.06. The average Bonchev–Trinajstić information content (AvgIpc) is 2.83. The van der Waals surface area contributed by atoms with Crippen molar-refractivity contribution in [3.8, 4) is 0 Å². The van der Waals surface area contributed by atoms with Gasteiger partial charge in [-0.15, -0.1) is 0 Å². The van der Waals surface area contributed by atoms with Crippen LogP contribution in [0.5, 0.6) is 0 Å². The number of aliphatic hydroxyl groups excluding tert-OH is 1. The molecule has 1 heterocycles. The second-order valence-corrected chi connectivity index (χ2v) is 5.46. The minimum absolute atomic E-state index is 0.379. The number of nitrogens with one attached hydrogen (secondary N) is 1. The fourth-order valence-electron chi connectivity index (χ4n) is 1.96. The third-order valence-corrected chi connectivity index (χ3v) is 4.21. The zero-order valence-corrected chi connectivity index (χ0v) is 10.2. The largest absolute Gasteiger partial charge is 0.387 e. The molecule has 2 nitrogen and oxygen atoms in total. The molecule has 88 valence electrons. The smallest absolute Gasteiger partial charge is 0.0914 e. The molecule has 1 saturated heterocycles. The molecule has 1 aromatic carbocycles.